The molecule has 0 atom stereocenters. The van der Waals surface area contributed by atoms with Crippen LogP contribution in [0, 0.1) is 0 Å². The molecule has 0 rings (SSSR count). The molecule has 0 fully saturated rings. The predicted octanol–water partition coefficient (Wildman–Crippen LogP) is 4.21. The van der Waals surface area contributed by atoms with Crippen molar-refractivity contribution in [2.45, 2.75) is 43.0 Å². The van der Waals surface area contributed by atoms with Gasteiger partial charge in [0.15, 0.2) is 0 Å². The van der Waals surface area contributed by atoms with Crippen molar-refractivity contribution in [1.29, 1.82) is 0 Å². The summed E-state index contributed by atoms with van der Waals surface area (Å²) < 4.78 is 126. The van der Waals surface area contributed by atoms with Gasteiger partial charge in [-0.1, -0.05) is 6.58 Å². The SMILES string of the molecule is C=C(CCC(F)(F)C(F)(F)C(F)(F)C(F)(F)C(F)F)C(=O)O. The Morgan fingerprint density at radius 1 is 0.955 bits per heavy atom. The molecule has 0 saturated carbocycles. The third-order valence-electron chi connectivity index (χ3n) is 2.59. The van der Waals surface area contributed by atoms with E-state index < -0.39 is 54.5 Å². The maximum Gasteiger partial charge on any atom is 0.384 e. The van der Waals surface area contributed by atoms with Gasteiger partial charge in [0.25, 0.3) is 0 Å². The lowest BCUT2D eigenvalue weighted by Crippen LogP contribution is -2.64. The number of rotatable bonds is 8. The molecular formula is C10H8F10O2. The van der Waals surface area contributed by atoms with Crippen LogP contribution in [0.4, 0.5) is 43.9 Å². The molecule has 2 nitrogen and oxygen atoms in total. The molecule has 0 aromatic heterocycles. The van der Waals surface area contributed by atoms with E-state index in [1.54, 1.807) is 0 Å². The van der Waals surface area contributed by atoms with E-state index in [0.29, 0.717) is 0 Å². The number of carbonyl (C=O) groups is 1. The minimum Gasteiger partial charge on any atom is -0.478 e. The van der Waals surface area contributed by atoms with Crippen LogP contribution in [-0.2, 0) is 4.79 Å². The van der Waals surface area contributed by atoms with Gasteiger partial charge in [0.05, 0.1) is 0 Å². The Bertz CT molecular complexity index is 443. The van der Waals surface area contributed by atoms with E-state index >= 15 is 0 Å². The average molecular weight is 350 g/mol. The van der Waals surface area contributed by atoms with Crippen molar-refractivity contribution in [2.75, 3.05) is 0 Å². The minimum absolute atomic E-state index is 1.08. The Morgan fingerprint density at radius 2 is 1.36 bits per heavy atom. The van der Waals surface area contributed by atoms with Crippen molar-refractivity contribution in [2.24, 2.45) is 0 Å². The van der Waals surface area contributed by atoms with Crippen LogP contribution in [0.15, 0.2) is 12.2 Å². The second kappa shape index (κ2) is 5.95. The zero-order valence-electron chi connectivity index (χ0n) is 10.3. The lowest BCUT2D eigenvalue weighted by atomic mass is 9.94. The maximum absolute atomic E-state index is 13.1. The fourth-order valence-corrected chi connectivity index (χ4v) is 1.15. The molecule has 1 N–H and O–H groups in total. The predicted molar refractivity (Wildman–Crippen MR) is 51.8 cm³/mol. The summed E-state index contributed by atoms with van der Waals surface area (Å²) in [5.74, 6) is -28.4. The number of carboxylic acid groups (broad SMARTS) is 1. The van der Waals surface area contributed by atoms with Crippen molar-refractivity contribution >= 4 is 5.97 Å². The number of halogens is 10. The second-order valence-corrected chi connectivity index (χ2v) is 4.19. The Kier molecular flexibility index (Phi) is 5.55. The van der Waals surface area contributed by atoms with Crippen LogP contribution in [0.3, 0.4) is 0 Å². The molecule has 12 heteroatoms. The lowest BCUT2D eigenvalue weighted by molar-refractivity contribution is -0.384. The molecule has 0 amide bonds. The highest BCUT2D eigenvalue weighted by atomic mass is 19.4. The Labute approximate surface area is 116 Å². The number of hydrogen-bond acceptors (Lipinski definition) is 1. The van der Waals surface area contributed by atoms with Crippen LogP contribution in [-0.4, -0.2) is 41.2 Å². The summed E-state index contributed by atoms with van der Waals surface area (Å²) in [5, 5.41) is 8.24. The Morgan fingerprint density at radius 3 is 1.68 bits per heavy atom. The zero-order valence-corrected chi connectivity index (χ0v) is 10.3. The fourth-order valence-electron chi connectivity index (χ4n) is 1.15. The van der Waals surface area contributed by atoms with Gasteiger partial charge in [-0.25, -0.2) is 13.6 Å². The Hall–Kier alpha value is -1.49. The molecule has 0 bridgehead atoms. The van der Waals surface area contributed by atoms with Gasteiger partial charge in [0, 0.05) is 12.0 Å². The number of aliphatic carboxylic acids is 1. The van der Waals surface area contributed by atoms with Crippen LogP contribution in [0.1, 0.15) is 12.8 Å². The molecule has 0 heterocycles. The molecule has 0 saturated heterocycles. The quantitative estimate of drug-likeness (QED) is 0.526. The minimum atomic E-state index is -7.07. The largest absolute Gasteiger partial charge is 0.478 e. The number of alkyl halides is 10. The highest BCUT2D eigenvalue weighted by Gasteiger charge is 2.82. The molecule has 130 valence electrons. The summed E-state index contributed by atoms with van der Waals surface area (Å²) >= 11 is 0. The lowest BCUT2D eigenvalue weighted by Gasteiger charge is -2.36. The van der Waals surface area contributed by atoms with Crippen molar-refractivity contribution in [1.82, 2.24) is 0 Å². The molecular weight excluding hydrogens is 342 g/mol. The first-order chi connectivity index (χ1) is 9.52. The number of hydrogen-bond donors (Lipinski definition) is 1. The molecule has 0 aromatic rings. The molecule has 0 unspecified atom stereocenters. The van der Waals surface area contributed by atoms with Crippen molar-refractivity contribution in [3.8, 4) is 0 Å². The first-order valence-electron chi connectivity index (χ1n) is 5.23. The van der Waals surface area contributed by atoms with Crippen LogP contribution in [0.25, 0.3) is 0 Å². The summed E-state index contributed by atoms with van der Waals surface area (Å²) in [7, 11) is 0. The van der Waals surface area contributed by atoms with E-state index in [1.165, 1.54) is 0 Å². The van der Waals surface area contributed by atoms with Gasteiger partial charge >= 0.3 is 36.1 Å². The zero-order chi connectivity index (χ0) is 18.1. The average Bonchev–Trinajstić information content (AvgIpc) is 2.34. The van der Waals surface area contributed by atoms with Gasteiger partial charge in [-0.15, -0.1) is 0 Å². The highest BCUT2D eigenvalue weighted by Crippen LogP contribution is 2.55. The third kappa shape index (κ3) is 3.29. The van der Waals surface area contributed by atoms with Crippen molar-refractivity contribution in [3.63, 3.8) is 0 Å². The maximum atomic E-state index is 13.1. The van der Waals surface area contributed by atoms with Crippen LogP contribution < -0.4 is 0 Å². The summed E-state index contributed by atoms with van der Waals surface area (Å²) in [6, 6.07) is 0. The first-order valence-corrected chi connectivity index (χ1v) is 5.23. The smallest absolute Gasteiger partial charge is 0.384 e. The standard InChI is InChI=1S/C10H8F10O2/c1-4(5(21)22)2-3-7(13,14)9(17,18)10(19,20)8(15,16)6(11)12/h6H,1-3H2,(H,21,22). The Balaban J connectivity index is 5.50. The molecule has 0 aliphatic carbocycles. The molecule has 0 spiro atoms. The summed E-state index contributed by atoms with van der Waals surface area (Å²) in [6.07, 6.45) is -9.08. The van der Waals surface area contributed by atoms with Gasteiger partial charge < -0.3 is 5.11 Å². The third-order valence-corrected chi connectivity index (χ3v) is 2.59. The van der Waals surface area contributed by atoms with Crippen LogP contribution >= 0.6 is 0 Å². The highest BCUT2D eigenvalue weighted by molar-refractivity contribution is 5.85. The van der Waals surface area contributed by atoms with E-state index in [2.05, 4.69) is 6.58 Å². The van der Waals surface area contributed by atoms with E-state index in [1.807, 2.05) is 0 Å². The summed E-state index contributed by atoms with van der Waals surface area (Å²) in [4.78, 5) is 10.2. The molecule has 0 aliphatic heterocycles. The molecule has 0 aromatic carbocycles. The van der Waals surface area contributed by atoms with Gasteiger partial charge in [-0.3, -0.25) is 0 Å². The molecule has 0 aliphatic rings. The second-order valence-electron chi connectivity index (χ2n) is 4.19. The van der Waals surface area contributed by atoms with E-state index in [0.717, 1.165) is 0 Å². The van der Waals surface area contributed by atoms with Crippen LogP contribution in [0.2, 0.25) is 0 Å². The molecule has 0 radical (unpaired) electrons. The monoisotopic (exact) mass is 350 g/mol. The summed E-state index contributed by atoms with van der Waals surface area (Å²) in [6.45, 7) is 2.65. The first kappa shape index (κ1) is 20.5. The fraction of sp³-hybridized carbons (Fsp3) is 0.700. The van der Waals surface area contributed by atoms with E-state index in [-0.39, 0.29) is 0 Å². The van der Waals surface area contributed by atoms with Gasteiger partial charge in [-0.2, -0.15) is 35.1 Å². The van der Waals surface area contributed by atoms with Crippen molar-refractivity contribution < 1.29 is 53.8 Å². The van der Waals surface area contributed by atoms with Crippen LogP contribution in [0.5, 0.6) is 0 Å². The van der Waals surface area contributed by atoms with Crippen molar-refractivity contribution in [3.05, 3.63) is 12.2 Å². The molecule has 22 heavy (non-hydrogen) atoms. The van der Waals surface area contributed by atoms with E-state index in [9.17, 15) is 48.7 Å². The topological polar surface area (TPSA) is 37.3 Å². The summed E-state index contributed by atoms with van der Waals surface area (Å²) in [5.41, 5.74) is -1.08. The normalized spacial score (nSPS) is 14.3. The van der Waals surface area contributed by atoms with Gasteiger partial charge in [0.1, 0.15) is 0 Å². The number of carboxylic acids is 1. The van der Waals surface area contributed by atoms with Gasteiger partial charge in [-0.05, 0) is 6.42 Å². The van der Waals surface area contributed by atoms with E-state index in [4.69, 9.17) is 5.11 Å². The van der Waals surface area contributed by atoms with Gasteiger partial charge in [0.2, 0.25) is 0 Å².